The molecule has 1 unspecified atom stereocenters. The Morgan fingerprint density at radius 1 is 1.16 bits per heavy atom. The van der Waals surface area contributed by atoms with Crippen LogP contribution in [0.3, 0.4) is 0 Å². The smallest absolute Gasteiger partial charge is 0.254 e. The van der Waals surface area contributed by atoms with E-state index in [-0.39, 0.29) is 18.3 Å². The molecule has 2 aromatic carbocycles. The van der Waals surface area contributed by atoms with Crippen molar-refractivity contribution in [2.45, 2.75) is 25.9 Å². The maximum Gasteiger partial charge on any atom is 0.254 e. The highest BCUT2D eigenvalue weighted by molar-refractivity contribution is 5.97. The van der Waals surface area contributed by atoms with Crippen LogP contribution < -0.4 is 4.74 Å². The predicted octanol–water partition coefficient (Wildman–Crippen LogP) is 4.36. The number of fused-ring (bicyclic) bond motifs is 3. The van der Waals surface area contributed by atoms with Crippen LogP contribution in [0.25, 0.3) is 0 Å². The molecule has 0 fully saturated rings. The number of rotatable bonds is 2. The lowest BCUT2D eigenvalue weighted by Crippen LogP contribution is -2.52. The number of carbonyl (C=O) groups excluding carboxylic acids is 1. The quantitative estimate of drug-likeness (QED) is 0.749. The van der Waals surface area contributed by atoms with E-state index in [1.54, 1.807) is 0 Å². The van der Waals surface area contributed by atoms with Gasteiger partial charge in [-0.05, 0) is 31.5 Å². The van der Waals surface area contributed by atoms with Gasteiger partial charge in [0.05, 0.1) is 6.54 Å². The maximum atomic E-state index is 12.9. The first-order valence-corrected chi connectivity index (χ1v) is 8.38. The van der Waals surface area contributed by atoms with Gasteiger partial charge in [-0.1, -0.05) is 48.0 Å². The van der Waals surface area contributed by atoms with Crippen LogP contribution in [0, 0.1) is 0 Å². The van der Waals surface area contributed by atoms with Crippen LogP contribution in [-0.4, -0.2) is 23.9 Å². The van der Waals surface area contributed by atoms with E-state index in [1.807, 2.05) is 47.4 Å². The average Bonchev–Trinajstić information content (AvgIpc) is 2.96. The normalized spacial score (nSPS) is 20.4. The lowest BCUT2D eigenvalue weighted by molar-refractivity contribution is 0.0276. The Morgan fingerprint density at radius 3 is 2.64 bits per heavy atom. The first-order chi connectivity index (χ1) is 11.6. The van der Waals surface area contributed by atoms with E-state index in [4.69, 9.17) is 4.74 Å². The van der Waals surface area contributed by atoms with Crippen molar-refractivity contribution >= 4 is 18.3 Å². The molecule has 0 radical (unpaired) electrons. The molecule has 1 spiro atoms. The molecule has 0 bridgehead atoms. The minimum Gasteiger partial charge on any atom is -0.480 e. The van der Waals surface area contributed by atoms with Gasteiger partial charge in [0.2, 0.25) is 0 Å². The Balaban J connectivity index is 0.00000182. The number of benzene rings is 2. The van der Waals surface area contributed by atoms with Crippen LogP contribution >= 0.6 is 12.4 Å². The lowest BCUT2D eigenvalue weighted by Gasteiger charge is -2.40. The summed E-state index contributed by atoms with van der Waals surface area (Å²) in [7, 11) is 0. The zero-order valence-corrected chi connectivity index (χ0v) is 15.3. The summed E-state index contributed by atoms with van der Waals surface area (Å²) in [6, 6.07) is 16.1. The third-order valence-electron chi connectivity index (χ3n) is 4.86. The average molecular weight is 356 g/mol. The van der Waals surface area contributed by atoms with E-state index in [0.29, 0.717) is 13.1 Å². The summed E-state index contributed by atoms with van der Waals surface area (Å²) in [6.07, 6.45) is 2.90. The van der Waals surface area contributed by atoms with Gasteiger partial charge in [-0.3, -0.25) is 4.79 Å². The largest absolute Gasteiger partial charge is 0.480 e. The number of allylic oxidation sites excluding steroid dienone is 1. The predicted molar refractivity (Wildman–Crippen MR) is 101 cm³/mol. The standard InChI is InChI=1S/C21H21NO2.ClH/c1-15(2)11-12-22-14-21(13-16-7-3-6-10-19(16)24-21)18-9-5-4-8-17(18)20(22)23;/h3-11H,12-14H2,1-2H3;1H. The Hall–Kier alpha value is -2.26. The van der Waals surface area contributed by atoms with Crippen molar-refractivity contribution in [3.63, 3.8) is 0 Å². The van der Waals surface area contributed by atoms with Crippen molar-refractivity contribution in [1.82, 2.24) is 4.90 Å². The highest BCUT2D eigenvalue weighted by atomic mass is 35.5. The summed E-state index contributed by atoms with van der Waals surface area (Å²) in [6.45, 7) is 5.32. The third kappa shape index (κ3) is 2.93. The molecule has 25 heavy (non-hydrogen) atoms. The van der Waals surface area contributed by atoms with E-state index in [0.717, 1.165) is 23.3 Å². The molecule has 0 N–H and O–H groups in total. The van der Waals surface area contributed by atoms with Crippen molar-refractivity contribution in [1.29, 1.82) is 0 Å². The molecular formula is C21H22ClNO2. The fraction of sp³-hybridized carbons (Fsp3) is 0.286. The molecule has 2 heterocycles. The first kappa shape index (κ1) is 17.6. The number of halogens is 1. The number of para-hydroxylation sites is 1. The Morgan fingerprint density at radius 2 is 1.88 bits per heavy atom. The van der Waals surface area contributed by atoms with Crippen LogP contribution in [0.2, 0.25) is 0 Å². The van der Waals surface area contributed by atoms with Crippen molar-refractivity contribution in [2.75, 3.05) is 13.1 Å². The molecule has 130 valence electrons. The van der Waals surface area contributed by atoms with Gasteiger partial charge < -0.3 is 9.64 Å². The van der Waals surface area contributed by atoms with Crippen LogP contribution in [0.15, 0.2) is 60.2 Å². The molecule has 4 rings (SSSR count). The molecule has 1 amide bonds. The Labute approximate surface area is 154 Å². The monoisotopic (exact) mass is 355 g/mol. The van der Waals surface area contributed by atoms with E-state index in [9.17, 15) is 4.79 Å². The van der Waals surface area contributed by atoms with Gasteiger partial charge in [0.25, 0.3) is 5.91 Å². The number of ether oxygens (including phenoxy) is 1. The van der Waals surface area contributed by atoms with Crippen LogP contribution in [0.5, 0.6) is 5.75 Å². The second-order valence-corrected chi connectivity index (χ2v) is 6.89. The van der Waals surface area contributed by atoms with Gasteiger partial charge in [-0.15, -0.1) is 12.4 Å². The van der Waals surface area contributed by atoms with E-state index >= 15 is 0 Å². The number of hydrogen-bond acceptors (Lipinski definition) is 2. The number of amides is 1. The third-order valence-corrected chi connectivity index (χ3v) is 4.86. The summed E-state index contributed by atoms with van der Waals surface area (Å²) in [5, 5.41) is 0. The van der Waals surface area contributed by atoms with Gasteiger partial charge in [-0.25, -0.2) is 0 Å². The summed E-state index contributed by atoms with van der Waals surface area (Å²) in [5.41, 5.74) is 3.73. The lowest BCUT2D eigenvalue weighted by atomic mass is 9.82. The number of hydrogen-bond donors (Lipinski definition) is 0. The Kier molecular flexibility index (Phi) is 4.61. The van der Waals surface area contributed by atoms with Crippen LogP contribution in [0.4, 0.5) is 0 Å². The SMILES string of the molecule is CC(C)=CCN1CC2(Cc3ccccc3O2)c2ccccc2C1=O.Cl. The van der Waals surface area contributed by atoms with Crippen LogP contribution in [-0.2, 0) is 12.0 Å². The van der Waals surface area contributed by atoms with Crippen molar-refractivity contribution in [3.8, 4) is 5.75 Å². The van der Waals surface area contributed by atoms with E-state index in [1.165, 1.54) is 11.1 Å². The molecule has 0 aromatic heterocycles. The van der Waals surface area contributed by atoms with Crippen molar-refractivity contribution < 1.29 is 9.53 Å². The molecule has 3 nitrogen and oxygen atoms in total. The van der Waals surface area contributed by atoms with E-state index in [2.05, 4.69) is 26.0 Å². The topological polar surface area (TPSA) is 29.5 Å². The van der Waals surface area contributed by atoms with Crippen LogP contribution in [0.1, 0.15) is 35.3 Å². The second-order valence-electron chi connectivity index (χ2n) is 6.89. The summed E-state index contributed by atoms with van der Waals surface area (Å²) in [5.74, 6) is 1.03. The minimum atomic E-state index is -0.469. The maximum absolute atomic E-state index is 12.9. The molecule has 2 aromatic rings. The first-order valence-electron chi connectivity index (χ1n) is 8.38. The van der Waals surface area contributed by atoms with E-state index < -0.39 is 5.60 Å². The molecule has 0 aliphatic carbocycles. The highest BCUT2D eigenvalue weighted by Crippen LogP contribution is 2.45. The second kappa shape index (κ2) is 6.57. The van der Waals surface area contributed by atoms with Crippen molar-refractivity contribution in [3.05, 3.63) is 76.9 Å². The van der Waals surface area contributed by atoms with Gasteiger partial charge >= 0.3 is 0 Å². The van der Waals surface area contributed by atoms with Gasteiger partial charge in [-0.2, -0.15) is 0 Å². The molecule has 2 aliphatic rings. The molecule has 2 aliphatic heterocycles. The van der Waals surface area contributed by atoms with Gasteiger partial charge in [0, 0.05) is 24.1 Å². The fourth-order valence-corrected chi connectivity index (χ4v) is 3.68. The fourth-order valence-electron chi connectivity index (χ4n) is 3.68. The van der Waals surface area contributed by atoms with Crippen molar-refractivity contribution in [2.24, 2.45) is 0 Å². The zero-order valence-electron chi connectivity index (χ0n) is 14.5. The summed E-state index contributed by atoms with van der Waals surface area (Å²) >= 11 is 0. The number of nitrogens with zero attached hydrogens (tertiary/aromatic N) is 1. The summed E-state index contributed by atoms with van der Waals surface area (Å²) in [4.78, 5) is 14.8. The molecule has 0 saturated heterocycles. The molecule has 1 atom stereocenters. The summed E-state index contributed by atoms with van der Waals surface area (Å²) < 4.78 is 6.43. The highest BCUT2D eigenvalue weighted by Gasteiger charge is 2.48. The number of carbonyl (C=O) groups is 1. The molecular weight excluding hydrogens is 334 g/mol. The van der Waals surface area contributed by atoms with Gasteiger partial charge in [0.15, 0.2) is 5.60 Å². The zero-order chi connectivity index (χ0) is 16.7. The molecule has 0 saturated carbocycles. The van der Waals surface area contributed by atoms with Gasteiger partial charge in [0.1, 0.15) is 5.75 Å². The molecule has 4 heteroatoms. The minimum absolute atomic E-state index is 0. The Bertz CT molecular complexity index is 814.